The number of carbonyl (C=O) groups is 1. The number of nitrogens with one attached hydrogen (secondary N) is 1. The fraction of sp³-hybridized carbons (Fsp3) is 0.300. The molecule has 1 atom stereocenters. The predicted octanol–water partition coefficient (Wildman–Crippen LogP) is 3.91. The molecule has 0 aliphatic heterocycles. The lowest BCUT2D eigenvalue weighted by atomic mass is 10.3. The summed E-state index contributed by atoms with van der Waals surface area (Å²) >= 11 is 8.52. The lowest BCUT2D eigenvalue weighted by Gasteiger charge is -2.14. The van der Waals surface area contributed by atoms with Crippen molar-refractivity contribution in [3.8, 4) is 5.75 Å². The van der Waals surface area contributed by atoms with Crippen LogP contribution in [0.25, 0.3) is 0 Å². The second-order valence-electron chi connectivity index (χ2n) is 3.29. The highest BCUT2D eigenvalue weighted by molar-refractivity contribution is 9.10. The zero-order chi connectivity index (χ0) is 13.9. The second-order valence-corrected chi connectivity index (χ2v) is 4.86. The van der Waals surface area contributed by atoms with Gasteiger partial charge in [0.1, 0.15) is 5.38 Å². The van der Waals surface area contributed by atoms with Crippen molar-refractivity contribution >= 4 is 39.1 Å². The molecule has 0 heterocycles. The maximum Gasteiger partial charge on any atom is 0.573 e. The number of anilines is 1. The van der Waals surface area contributed by atoms with Crippen LogP contribution in [0.5, 0.6) is 5.75 Å². The van der Waals surface area contributed by atoms with Gasteiger partial charge in [0.25, 0.3) is 0 Å². The van der Waals surface area contributed by atoms with E-state index in [4.69, 9.17) is 11.6 Å². The minimum atomic E-state index is -4.84. The molecule has 1 aromatic carbocycles. The van der Waals surface area contributed by atoms with Crippen LogP contribution >= 0.6 is 27.5 Å². The summed E-state index contributed by atoms with van der Waals surface area (Å²) in [6.07, 6.45) is -4.84. The smallest absolute Gasteiger partial charge is 0.404 e. The van der Waals surface area contributed by atoms with Crippen LogP contribution in [0.15, 0.2) is 22.7 Å². The molecule has 0 saturated carbocycles. The third kappa shape index (κ3) is 4.73. The van der Waals surface area contributed by atoms with E-state index in [1.54, 1.807) is 0 Å². The summed E-state index contributed by atoms with van der Waals surface area (Å²) in [6.45, 7) is 1.40. The van der Waals surface area contributed by atoms with Gasteiger partial charge in [-0.25, -0.2) is 0 Å². The Balaban J connectivity index is 3.00. The van der Waals surface area contributed by atoms with Crippen LogP contribution in [0.1, 0.15) is 6.92 Å². The van der Waals surface area contributed by atoms with Crippen LogP contribution in [0.3, 0.4) is 0 Å². The summed E-state index contributed by atoms with van der Waals surface area (Å²) in [5.41, 5.74) is -0.104. The molecule has 0 aliphatic rings. The highest BCUT2D eigenvalue weighted by atomic mass is 79.9. The van der Waals surface area contributed by atoms with E-state index in [-0.39, 0.29) is 5.69 Å². The van der Waals surface area contributed by atoms with Gasteiger partial charge in [0.15, 0.2) is 5.75 Å². The van der Waals surface area contributed by atoms with Gasteiger partial charge in [-0.05, 0) is 25.1 Å². The zero-order valence-electron chi connectivity index (χ0n) is 9.02. The first-order valence-corrected chi connectivity index (χ1v) is 5.92. The molecule has 0 saturated heterocycles. The molecule has 3 nitrogen and oxygen atoms in total. The molecule has 1 unspecified atom stereocenters. The van der Waals surface area contributed by atoms with Crippen molar-refractivity contribution in [2.45, 2.75) is 18.7 Å². The minimum absolute atomic E-state index is 0.104. The van der Waals surface area contributed by atoms with E-state index in [0.717, 1.165) is 6.07 Å². The highest BCUT2D eigenvalue weighted by Gasteiger charge is 2.32. The van der Waals surface area contributed by atoms with Gasteiger partial charge in [-0.2, -0.15) is 0 Å². The van der Waals surface area contributed by atoms with Crippen molar-refractivity contribution in [1.82, 2.24) is 0 Å². The third-order valence-corrected chi connectivity index (χ3v) is 2.48. The Morgan fingerprint density at radius 1 is 1.50 bits per heavy atom. The maximum absolute atomic E-state index is 12.2. The topological polar surface area (TPSA) is 38.3 Å². The van der Waals surface area contributed by atoms with Gasteiger partial charge >= 0.3 is 6.36 Å². The normalized spacial score (nSPS) is 13.0. The molecule has 0 spiro atoms. The Kier molecular flexibility index (Phi) is 4.86. The van der Waals surface area contributed by atoms with Crippen LogP contribution in [0.2, 0.25) is 0 Å². The number of hydrogen-bond donors (Lipinski definition) is 1. The van der Waals surface area contributed by atoms with E-state index in [9.17, 15) is 18.0 Å². The minimum Gasteiger partial charge on any atom is -0.404 e. The number of benzene rings is 1. The number of carbonyl (C=O) groups excluding carboxylic acids is 1. The maximum atomic E-state index is 12.2. The number of amides is 1. The Morgan fingerprint density at radius 3 is 2.61 bits per heavy atom. The molecule has 1 amide bonds. The van der Waals surface area contributed by atoms with Gasteiger partial charge in [-0.3, -0.25) is 4.79 Å². The SMILES string of the molecule is CC(Cl)C(=O)Nc1ccc(Br)cc1OC(F)(F)F. The Labute approximate surface area is 114 Å². The van der Waals surface area contributed by atoms with E-state index >= 15 is 0 Å². The molecule has 1 rings (SSSR count). The monoisotopic (exact) mass is 345 g/mol. The quantitative estimate of drug-likeness (QED) is 0.843. The number of rotatable bonds is 3. The molecule has 0 fully saturated rings. The number of alkyl halides is 4. The third-order valence-electron chi connectivity index (χ3n) is 1.79. The molecule has 1 N–H and O–H groups in total. The first-order valence-electron chi connectivity index (χ1n) is 4.69. The Bertz CT molecular complexity index is 451. The highest BCUT2D eigenvalue weighted by Crippen LogP contribution is 2.33. The van der Waals surface area contributed by atoms with Crippen LogP contribution in [0.4, 0.5) is 18.9 Å². The summed E-state index contributed by atoms with van der Waals surface area (Å²) in [5.74, 6) is -1.13. The molecular formula is C10H8BrClF3NO2. The molecule has 0 aromatic heterocycles. The van der Waals surface area contributed by atoms with Crippen molar-refractivity contribution < 1.29 is 22.7 Å². The molecule has 0 aliphatic carbocycles. The molecule has 8 heteroatoms. The average Bonchev–Trinajstić information content (AvgIpc) is 2.19. The van der Waals surface area contributed by atoms with E-state index < -0.39 is 23.4 Å². The van der Waals surface area contributed by atoms with E-state index in [1.807, 2.05) is 0 Å². The van der Waals surface area contributed by atoms with Gasteiger partial charge in [0, 0.05) is 4.47 Å². The van der Waals surface area contributed by atoms with E-state index in [2.05, 4.69) is 26.0 Å². The van der Waals surface area contributed by atoms with Crippen molar-refractivity contribution in [2.75, 3.05) is 5.32 Å². The lowest BCUT2D eigenvalue weighted by molar-refractivity contribution is -0.274. The van der Waals surface area contributed by atoms with Crippen molar-refractivity contribution in [3.63, 3.8) is 0 Å². The molecular weight excluding hydrogens is 338 g/mol. The standard InChI is InChI=1S/C10H8BrClF3NO2/c1-5(12)9(17)16-7-3-2-6(11)4-8(7)18-10(13,14)15/h2-5H,1H3,(H,16,17). The molecule has 18 heavy (non-hydrogen) atoms. The van der Waals surface area contributed by atoms with Gasteiger partial charge in [0.2, 0.25) is 5.91 Å². The Hall–Kier alpha value is -0.950. The Morgan fingerprint density at radius 2 is 2.11 bits per heavy atom. The second kappa shape index (κ2) is 5.79. The van der Waals surface area contributed by atoms with Gasteiger partial charge in [-0.1, -0.05) is 15.9 Å². The first-order chi connectivity index (χ1) is 8.19. The summed E-state index contributed by atoms with van der Waals surface area (Å²) in [4.78, 5) is 11.3. The summed E-state index contributed by atoms with van der Waals surface area (Å²) < 4.78 is 40.7. The fourth-order valence-corrected chi connectivity index (χ4v) is 1.44. The summed E-state index contributed by atoms with van der Waals surface area (Å²) in [5, 5.41) is 1.37. The number of hydrogen-bond acceptors (Lipinski definition) is 2. The van der Waals surface area contributed by atoms with Crippen molar-refractivity contribution in [2.24, 2.45) is 0 Å². The average molecular weight is 347 g/mol. The predicted molar refractivity (Wildman–Crippen MR) is 64.8 cm³/mol. The van der Waals surface area contributed by atoms with Crippen LogP contribution < -0.4 is 10.1 Å². The van der Waals surface area contributed by atoms with E-state index in [0.29, 0.717) is 4.47 Å². The summed E-state index contributed by atoms with van der Waals surface area (Å²) in [7, 11) is 0. The van der Waals surface area contributed by atoms with Crippen molar-refractivity contribution in [1.29, 1.82) is 0 Å². The first kappa shape index (κ1) is 15.1. The molecule has 1 aromatic rings. The summed E-state index contributed by atoms with van der Waals surface area (Å²) in [6, 6.07) is 3.85. The largest absolute Gasteiger partial charge is 0.573 e. The van der Waals surface area contributed by atoms with Crippen molar-refractivity contribution in [3.05, 3.63) is 22.7 Å². The number of ether oxygens (including phenoxy) is 1. The molecule has 0 bridgehead atoms. The fourth-order valence-electron chi connectivity index (χ4n) is 1.04. The molecule has 100 valence electrons. The van der Waals surface area contributed by atoms with Gasteiger partial charge in [0.05, 0.1) is 5.69 Å². The number of halogens is 5. The lowest BCUT2D eigenvalue weighted by Crippen LogP contribution is -2.23. The van der Waals surface area contributed by atoms with Crippen LogP contribution in [0, 0.1) is 0 Å². The van der Waals surface area contributed by atoms with Crippen LogP contribution in [-0.4, -0.2) is 17.6 Å². The van der Waals surface area contributed by atoms with Gasteiger partial charge in [-0.15, -0.1) is 24.8 Å². The van der Waals surface area contributed by atoms with Crippen LogP contribution in [-0.2, 0) is 4.79 Å². The van der Waals surface area contributed by atoms with E-state index in [1.165, 1.54) is 19.1 Å². The van der Waals surface area contributed by atoms with Gasteiger partial charge < -0.3 is 10.1 Å². The molecule has 0 radical (unpaired) electrons. The zero-order valence-corrected chi connectivity index (χ0v) is 11.4.